The molecule has 3 aromatic rings. The third-order valence-electron chi connectivity index (χ3n) is 2.57. The zero-order chi connectivity index (χ0) is 15.4. The molecule has 3 rings (SSSR count). The number of benzene rings is 1. The van der Waals surface area contributed by atoms with E-state index in [0.29, 0.717) is 29.7 Å². The Kier molecular flexibility index (Phi) is 3.45. The van der Waals surface area contributed by atoms with Gasteiger partial charge in [0.25, 0.3) is 5.82 Å². The molecule has 0 unspecified atom stereocenters. The topological polar surface area (TPSA) is 69.1 Å². The van der Waals surface area contributed by atoms with Gasteiger partial charge in [-0.05, 0) is 44.0 Å². The molecular weight excluding hydrogens is 439 g/mol. The van der Waals surface area contributed by atoms with Crippen LogP contribution in [0.2, 0.25) is 0 Å². The molecule has 1 aromatic carbocycles. The van der Waals surface area contributed by atoms with E-state index in [1.54, 1.807) is 12.1 Å². The van der Waals surface area contributed by atoms with Crippen LogP contribution in [0.25, 0.3) is 15.5 Å². The number of nitrogens with zero attached hydrogens (tertiary/aromatic N) is 4. The Morgan fingerprint density at radius 1 is 1.14 bits per heavy atom. The fraction of sp³-hybridized carbons (Fsp3) is 0.100. The Hall–Kier alpha value is -1.20. The van der Waals surface area contributed by atoms with Gasteiger partial charge < -0.3 is 5.73 Å². The minimum Gasteiger partial charge on any atom is -0.397 e. The highest BCUT2D eigenvalue weighted by atomic mass is 79.9. The van der Waals surface area contributed by atoms with Crippen LogP contribution in [0.4, 0.5) is 18.9 Å². The van der Waals surface area contributed by atoms with Gasteiger partial charge in [0, 0.05) is 14.5 Å². The standard InChI is InChI=1S/C10H4Br2F3N5S/c11-4-1-3(2-5(12)6(4)16)7-19-20-8(10(13,14)15)17-18-9(20)21-7/h1-2H,16H2. The highest BCUT2D eigenvalue weighted by molar-refractivity contribution is 9.11. The van der Waals surface area contributed by atoms with Crippen LogP contribution in [-0.2, 0) is 6.18 Å². The first kappa shape index (κ1) is 14.7. The largest absolute Gasteiger partial charge is 0.453 e. The normalized spacial score (nSPS) is 12.2. The maximum Gasteiger partial charge on any atom is 0.453 e. The molecule has 0 aliphatic heterocycles. The zero-order valence-corrected chi connectivity index (χ0v) is 13.8. The van der Waals surface area contributed by atoms with Crippen molar-refractivity contribution in [3.05, 3.63) is 26.9 Å². The van der Waals surface area contributed by atoms with Gasteiger partial charge >= 0.3 is 6.18 Å². The van der Waals surface area contributed by atoms with Crippen molar-refractivity contribution in [3.63, 3.8) is 0 Å². The van der Waals surface area contributed by atoms with Crippen molar-refractivity contribution < 1.29 is 13.2 Å². The summed E-state index contributed by atoms with van der Waals surface area (Å²) >= 11 is 7.57. The third-order valence-corrected chi connectivity index (χ3v) is 4.83. The number of rotatable bonds is 1. The first-order valence-electron chi connectivity index (χ1n) is 5.31. The van der Waals surface area contributed by atoms with Crippen molar-refractivity contribution in [2.75, 3.05) is 5.73 Å². The van der Waals surface area contributed by atoms with Crippen LogP contribution < -0.4 is 5.73 Å². The molecule has 2 heterocycles. The second kappa shape index (κ2) is 4.92. The van der Waals surface area contributed by atoms with Crippen LogP contribution in [-0.4, -0.2) is 19.8 Å². The van der Waals surface area contributed by atoms with E-state index in [9.17, 15) is 13.2 Å². The van der Waals surface area contributed by atoms with Gasteiger partial charge in [-0.2, -0.15) is 22.8 Å². The molecule has 0 radical (unpaired) electrons. The maximum atomic E-state index is 12.8. The van der Waals surface area contributed by atoms with E-state index in [0.717, 1.165) is 11.3 Å². The minimum atomic E-state index is -4.60. The Morgan fingerprint density at radius 2 is 1.76 bits per heavy atom. The van der Waals surface area contributed by atoms with Crippen molar-refractivity contribution in [1.29, 1.82) is 0 Å². The van der Waals surface area contributed by atoms with Gasteiger partial charge in [-0.1, -0.05) is 11.3 Å². The van der Waals surface area contributed by atoms with Crippen molar-refractivity contribution in [2.45, 2.75) is 6.18 Å². The summed E-state index contributed by atoms with van der Waals surface area (Å²) in [7, 11) is 0. The Morgan fingerprint density at radius 3 is 2.33 bits per heavy atom. The molecule has 0 spiro atoms. The number of nitrogen functional groups attached to an aromatic ring is 1. The average Bonchev–Trinajstić information content (AvgIpc) is 2.93. The van der Waals surface area contributed by atoms with Crippen molar-refractivity contribution in [3.8, 4) is 10.6 Å². The highest BCUT2D eigenvalue weighted by Crippen LogP contribution is 2.36. The summed E-state index contributed by atoms with van der Waals surface area (Å²) in [4.78, 5) is 0.0707. The average molecular weight is 443 g/mol. The second-order valence-electron chi connectivity index (χ2n) is 3.98. The molecule has 0 atom stereocenters. The number of aromatic nitrogens is 4. The third kappa shape index (κ3) is 2.53. The molecule has 0 saturated heterocycles. The van der Waals surface area contributed by atoms with Gasteiger partial charge in [-0.15, -0.1) is 10.2 Å². The number of hydrogen-bond acceptors (Lipinski definition) is 5. The molecule has 11 heteroatoms. The van der Waals surface area contributed by atoms with E-state index < -0.39 is 12.0 Å². The fourth-order valence-corrected chi connectivity index (χ4v) is 3.63. The van der Waals surface area contributed by atoms with Crippen molar-refractivity contribution in [2.24, 2.45) is 0 Å². The summed E-state index contributed by atoms with van der Waals surface area (Å²) in [5.74, 6) is -1.14. The lowest BCUT2D eigenvalue weighted by molar-refractivity contribution is -0.146. The van der Waals surface area contributed by atoms with Crippen LogP contribution in [0.1, 0.15) is 5.82 Å². The molecule has 21 heavy (non-hydrogen) atoms. The van der Waals surface area contributed by atoms with Gasteiger partial charge in [-0.3, -0.25) is 0 Å². The van der Waals surface area contributed by atoms with E-state index >= 15 is 0 Å². The molecule has 0 aliphatic carbocycles. The smallest absolute Gasteiger partial charge is 0.397 e. The van der Waals surface area contributed by atoms with Crippen molar-refractivity contribution in [1.82, 2.24) is 19.8 Å². The quantitative estimate of drug-likeness (QED) is 0.579. The monoisotopic (exact) mass is 441 g/mol. The minimum absolute atomic E-state index is 0.0707. The van der Waals surface area contributed by atoms with Crippen LogP contribution in [0.5, 0.6) is 0 Å². The fourth-order valence-electron chi connectivity index (χ4n) is 1.62. The molecule has 0 bridgehead atoms. The summed E-state index contributed by atoms with van der Waals surface area (Å²) in [5, 5.41) is 10.9. The van der Waals surface area contributed by atoms with Gasteiger partial charge in [0.1, 0.15) is 5.01 Å². The maximum absolute atomic E-state index is 12.8. The zero-order valence-electron chi connectivity index (χ0n) is 9.82. The first-order valence-corrected chi connectivity index (χ1v) is 7.72. The van der Waals surface area contributed by atoms with Gasteiger partial charge in [0.15, 0.2) is 0 Å². The molecule has 0 saturated carbocycles. The van der Waals surface area contributed by atoms with Gasteiger partial charge in [-0.25, -0.2) is 0 Å². The van der Waals surface area contributed by atoms with Crippen LogP contribution in [0, 0.1) is 0 Å². The Balaban J connectivity index is 2.16. The molecule has 0 fully saturated rings. The number of fused-ring (bicyclic) bond motifs is 1. The van der Waals surface area contributed by atoms with Crippen LogP contribution in [0.15, 0.2) is 21.1 Å². The predicted molar refractivity (Wildman–Crippen MR) is 78.9 cm³/mol. The molecule has 0 amide bonds. The number of nitrogens with two attached hydrogens (primary N) is 1. The second-order valence-corrected chi connectivity index (χ2v) is 6.64. The lowest BCUT2D eigenvalue weighted by atomic mass is 10.2. The SMILES string of the molecule is Nc1c(Br)cc(-c2nn3c(C(F)(F)F)nnc3s2)cc1Br. The Bertz CT molecular complexity index is 818. The molecule has 0 aliphatic rings. The lowest BCUT2D eigenvalue weighted by Crippen LogP contribution is -2.11. The van der Waals surface area contributed by atoms with Crippen LogP contribution in [0.3, 0.4) is 0 Å². The highest BCUT2D eigenvalue weighted by Gasteiger charge is 2.38. The molecule has 2 N–H and O–H groups in total. The number of hydrogen-bond donors (Lipinski definition) is 1. The van der Waals surface area contributed by atoms with E-state index in [1.165, 1.54) is 0 Å². The van der Waals surface area contributed by atoms with Crippen LogP contribution >= 0.6 is 43.2 Å². The lowest BCUT2D eigenvalue weighted by Gasteiger charge is -2.04. The molecular formula is C10H4Br2F3N5S. The number of anilines is 1. The summed E-state index contributed by atoms with van der Waals surface area (Å²) < 4.78 is 40.2. The van der Waals surface area contributed by atoms with Gasteiger partial charge in [0.05, 0.1) is 5.69 Å². The predicted octanol–water partition coefficient (Wildman–Crippen LogP) is 3.98. The Labute approximate surface area is 136 Å². The molecule has 5 nitrogen and oxygen atoms in total. The number of halogens is 5. The number of alkyl halides is 3. The molecule has 2 aromatic heterocycles. The van der Waals surface area contributed by atoms with Crippen molar-refractivity contribution >= 4 is 53.8 Å². The van der Waals surface area contributed by atoms with E-state index in [2.05, 4.69) is 47.2 Å². The van der Waals surface area contributed by atoms with E-state index in [4.69, 9.17) is 5.73 Å². The van der Waals surface area contributed by atoms with E-state index in [1.807, 2.05) is 0 Å². The summed E-state index contributed by atoms with van der Waals surface area (Å²) in [5.41, 5.74) is 6.89. The van der Waals surface area contributed by atoms with E-state index in [-0.39, 0.29) is 4.96 Å². The molecule has 110 valence electrons. The summed E-state index contributed by atoms with van der Waals surface area (Å²) in [6.07, 6.45) is -4.60. The van der Waals surface area contributed by atoms with Gasteiger partial charge in [0.2, 0.25) is 4.96 Å². The summed E-state index contributed by atoms with van der Waals surface area (Å²) in [6.45, 7) is 0. The summed E-state index contributed by atoms with van der Waals surface area (Å²) in [6, 6.07) is 3.36. The first-order chi connectivity index (χ1) is 9.77.